The van der Waals surface area contributed by atoms with Crippen LogP contribution in [0.1, 0.15) is 39.5 Å². The Kier molecular flexibility index (Phi) is 10.2. The zero-order valence-corrected chi connectivity index (χ0v) is 15.8. The van der Waals surface area contributed by atoms with Crippen LogP contribution in [0.3, 0.4) is 0 Å². The maximum atomic E-state index is 11.7. The van der Waals surface area contributed by atoms with Gasteiger partial charge in [-0.2, -0.15) is 0 Å². The summed E-state index contributed by atoms with van der Waals surface area (Å²) in [6.45, 7) is 8.95. The predicted molar refractivity (Wildman–Crippen MR) is 98.5 cm³/mol. The van der Waals surface area contributed by atoms with Crippen molar-refractivity contribution in [1.29, 1.82) is 0 Å². The summed E-state index contributed by atoms with van der Waals surface area (Å²) in [4.78, 5) is 20.1. The summed E-state index contributed by atoms with van der Waals surface area (Å²) >= 11 is 0. The fourth-order valence-corrected chi connectivity index (χ4v) is 2.71. The molecule has 0 saturated carbocycles. The molecule has 0 aromatic rings. The maximum absolute atomic E-state index is 11.7. The number of nitrogens with one attached hydrogen (secondary N) is 2. The lowest BCUT2D eigenvalue weighted by Crippen LogP contribution is -2.50. The van der Waals surface area contributed by atoms with E-state index in [1.54, 1.807) is 11.9 Å². The molecule has 0 aliphatic carbocycles. The molecule has 0 radical (unpaired) electrons. The molecule has 0 bridgehead atoms. The van der Waals surface area contributed by atoms with Crippen molar-refractivity contribution in [2.75, 3.05) is 53.4 Å². The summed E-state index contributed by atoms with van der Waals surface area (Å²) in [6.07, 6.45) is 4.09. The molecule has 0 aromatic heterocycles. The molecular formula is C17H35N5O2. The van der Waals surface area contributed by atoms with Gasteiger partial charge < -0.3 is 25.2 Å². The van der Waals surface area contributed by atoms with Crippen LogP contribution >= 0.6 is 0 Å². The second kappa shape index (κ2) is 11.9. The minimum atomic E-state index is -0.200. The Bertz CT molecular complexity index is 381. The first kappa shape index (κ1) is 20.5. The smallest absolute Gasteiger partial charge is 0.409 e. The number of piperidine rings is 1. The molecule has 1 amide bonds. The average Bonchev–Trinajstić information content (AvgIpc) is 2.59. The lowest BCUT2D eigenvalue weighted by atomic mass is 10.1. The molecule has 1 aliphatic heterocycles. The Balaban J connectivity index is 2.23. The van der Waals surface area contributed by atoms with E-state index in [9.17, 15) is 4.79 Å². The highest BCUT2D eigenvalue weighted by Crippen LogP contribution is 2.11. The number of rotatable bonds is 8. The highest BCUT2D eigenvalue weighted by atomic mass is 16.6. The molecule has 1 fully saturated rings. The Hall–Kier alpha value is -1.50. The molecule has 24 heavy (non-hydrogen) atoms. The first-order valence-corrected chi connectivity index (χ1v) is 9.18. The summed E-state index contributed by atoms with van der Waals surface area (Å²) in [5.41, 5.74) is 0. The normalized spacial score (nSPS) is 16.4. The molecule has 0 spiro atoms. The van der Waals surface area contributed by atoms with Crippen LogP contribution in [0.5, 0.6) is 0 Å². The average molecular weight is 342 g/mol. The van der Waals surface area contributed by atoms with Crippen molar-refractivity contribution in [2.45, 2.75) is 45.6 Å². The summed E-state index contributed by atoms with van der Waals surface area (Å²) in [7, 11) is 3.95. The number of hydrogen-bond acceptors (Lipinski definition) is 4. The van der Waals surface area contributed by atoms with Crippen LogP contribution < -0.4 is 10.6 Å². The minimum Gasteiger partial charge on any atom is -0.450 e. The second-order valence-corrected chi connectivity index (χ2v) is 6.26. The van der Waals surface area contributed by atoms with Crippen LogP contribution in [-0.4, -0.2) is 81.3 Å². The van der Waals surface area contributed by atoms with Gasteiger partial charge in [0.1, 0.15) is 0 Å². The van der Waals surface area contributed by atoms with Gasteiger partial charge in [-0.15, -0.1) is 0 Å². The van der Waals surface area contributed by atoms with Gasteiger partial charge in [0, 0.05) is 39.3 Å². The highest BCUT2D eigenvalue weighted by Gasteiger charge is 2.23. The van der Waals surface area contributed by atoms with Gasteiger partial charge in [-0.1, -0.05) is 13.3 Å². The molecule has 1 aliphatic rings. The molecule has 1 rings (SSSR count). The molecule has 140 valence electrons. The van der Waals surface area contributed by atoms with E-state index in [0.29, 0.717) is 12.6 Å². The summed E-state index contributed by atoms with van der Waals surface area (Å²) < 4.78 is 5.05. The van der Waals surface area contributed by atoms with E-state index in [4.69, 9.17) is 4.74 Å². The molecule has 1 saturated heterocycles. The van der Waals surface area contributed by atoms with Crippen molar-refractivity contribution in [3.63, 3.8) is 0 Å². The number of unbranched alkanes of at least 4 members (excludes halogenated alkanes) is 1. The van der Waals surface area contributed by atoms with Gasteiger partial charge in [-0.05, 0) is 39.8 Å². The van der Waals surface area contributed by atoms with Gasteiger partial charge in [0.2, 0.25) is 0 Å². The van der Waals surface area contributed by atoms with E-state index >= 15 is 0 Å². The minimum absolute atomic E-state index is 0.200. The third kappa shape index (κ3) is 7.86. The number of carbonyl (C=O) groups is 1. The van der Waals surface area contributed by atoms with Crippen LogP contribution in [0.4, 0.5) is 4.79 Å². The molecule has 2 N–H and O–H groups in total. The van der Waals surface area contributed by atoms with Crippen molar-refractivity contribution >= 4 is 12.1 Å². The van der Waals surface area contributed by atoms with Gasteiger partial charge >= 0.3 is 6.09 Å². The molecule has 0 atom stereocenters. The third-order valence-electron chi connectivity index (χ3n) is 4.26. The summed E-state index contributed by atoms with van der Waals surface area (Å²) in [5.74, 6) is 0.841. The predicted octanol–water partition coefficient (Wildman–Crippen LogP) is 1.50. The van der Waals surface area contributed by atoms with Crippen LogP contribution in [0.25, 0.3) is 0 Å². The van der Waals surface area contributed by atoms with Crippen molar-refractivity contribution < 1.29 is 9.53 Å². The van der Waals surface area contributed by atoms with Crippen molar-refractivity contribution in [2.24, 2.45) is 4.99 Å². The van der Waals surface area contributed by atoms with Crippen LogP contribution in [0.15, 0.2) is 4.99 Å². The molecule has 1 heterocycles. The van der Waals surface area contributed by atoms with Crippen LogP contribution in [0.2, 0.25) is 0 Å². The quantitative estimate of drug-likeness (QED) is 0.517. The zero-order valence-electron chi connectivity index (χ0n) is 15.8. The number of hydrogen-bond donors (Lipinski definition) is 2. The largest absolute Gasteiger partial charge is 0.450 e. The van der Waals surface area contributed by atoms with E-state index < -0.39 is 0 Å². The Labute approximate surface area is 146 Å². The number of aliphatic imine (C=N–C) groups is 1. The molecule has 0 aromatic carbocycles. The molecule has 0 unspecified atom stereocenters. The number of carbonyl (C=O) groups excluding carboxylic acids is 1. The van der Waals surface area contributed by atoms with Gasteiger partial charge in [0.15, 0.2) is 5.96 Å². The number of likely N-dealkylation sites (N-methyl/N-ethyl adjacent to an activating group) is 1. The summed E-state index contributed by atoms with van der Waals surface area (Å²) in [6, 6.07) is 0.347. The van der Waals surface area contributed by atoms with Gasteiger partial charge in [-0.25, -0.2) is 4.79 Å². The van der Waals surface area contributed by atoms with E-state index in [-0.39, 0.29) is 6.09 Å². The van der Waals surface area contributed by atoms with Gasteiger partial charge in [0.25, 0.3) is 0 Å². The Morgan fingerprint density at radius 1 is 1.29 bits per heavy atom. The summed E-state index contributed by atoms with van der Waals surface area (Å²) in [5, 5.41) is 6.83. The van der Waals surface area contributed by atoms with E-state index in [2.05, 4.69) is 34.5 Å². The maximum Gasteiger partial charge on any atom is 0.409 e. The first-order chi connectivity index (χ1) is 11.6. The van der Waals surface area contributed by atoms with Crippen molar-refractivity contribution in [3.8, 4) is 0 Å². The van der Waals surface area contributed by atoms with E-state index in [0.717, 1.165) is 51.5 Å². The number of guanidine groups is 1. The fourth-order valence-electron chi connectivity index (χ4n) is 2.71. The van der Waals surface area contributed by atoms with E-state index in [1.165, 1.54) is 12.8 Å². The number of likely N-dealkylation sites (tertiary alicyclic amines) is 1. The SMILES string of the molecule is CCCCN(C)CCNC(=NC)NC1CCN(C(=O)OCC)CC1. The second-order valence-electron chi connectivity index (χ2n) is 6.26. The lowest BCUT2D eigenvalue weighted by molar-refractivity contribution is 0.0963. The molecule has 7 nitrogen and oxygen atoms in total. The van der Waals surface area contributed by atoms with Crippen LogP contribution in [-0.2, 0) is 4.74 Å². The van der Waals surface area contributed by atoms with Gasteiger partial charge in [0.05, 0.1) is 6.61 Å². The lowest BCUT2D eigenvalue weighted by Gasteiger charge is -2.32. The van der Waals surface area contributed by atoms with Gasteiger partial charge in [-0.3, -0.25) is 4.99 Å². The Morgan fingerprint density at radius 2 is 2.00 bits per heavy atom. The highest BCUT2D eigenvalue weighted by molar-refractivity contribution is 5.80. The zero-order chi connectivity index (χ0) is 17.8. The molecular weight excluding hydrogens is 306 g/mol. The third-order valence-corrected chi connectivity index (χ3v) is 4.26. The van der Waals surface area contributed by atoms with Crippen LogP contribution in [0, 0.1) is 0 Å². The number of ether oxygens (including phenoxy) is 1. The van der Waals surface area contributed by atoms with Crippen molar-refractivity contribution in [3.05, 3.63) is 0 Å². The van der Waals surface area contributed by atoms with Crippen molar-refractivity contribution in [1.82, 2.24) is 20.4 Å². The number of amides is 1. The molecule has 7 heteroatoms. The number of nitrogens with zero attached hydrogens (tertiary/aromatic N) is 3. The standard InChI is InChI=1S/C17H35N5O2/c1-5-7-11-21(4)14-10-19-16(18-3)20-15-8-12-22(13-9-15)17(23)24-6-2/h15H,5-14H2,1-4H3,(H2,18,19,20). The first-order valence-electron chi connectivity index (χ1n) is 9.18. The topological polar surface area (TPSA) is 69.2 Å². The fraction of sp³-hybridized carbons (Fsp3) is 0.882. The Morgan fingerprint density at radius 3 is 2.58 bits per heavy atom. The monoisotopic (exact) mass is 341 g/mol. The van der Waals surface area contributed by atoms with E-state index in [1.807, 2.05) is 6.92 Å².